The Balaban J connectivity index is 1.70. The van der Waals surface area contributed by atoms with Crippen molar-refractivity contribution in [1.29, 1.82) is 5.26 Å². The fraction of sp³-hybridized carbons (Fsp3) is 0.263. The average molecular weight is 370 g/mol. The minimum Gasteiger partial charge on any atom is -0.457 e. The van der Waals surface area contributed by atoms with Gasteiger partial charge in [-0.25, -0.2) is 13.2 Å². The van der Waals surface area contributed by atoms with E-state index < -0.39 is 16.0 Å². The normalized spacial score (nSPS) is 14.7. The van der Waals surface area contributed by atoms with Gasteiger partial charge in [-0.05, 0) is 48.7 Å². The molecule has 0 unspecified atom stereocenters. The molecule has 134 valence electrons. The molecule has 0 bridgehead atoms. The molecule has 0 saturated carbocycles. The fourth-order valence-corrected chi connectivity index (χ4v) is 4.33. The molecule has 1 fully saturated rings. The predicted octanol–water partition coefficient (Wildman–Crippen LogP) is 2.70. The van der Waals surface area contributed by atoms with Crippen LogP contribution in [0.4, 0.5) is 0 Å². The quantitative estimate of drug-likeness (QED) is 0.755. The van der Waals surface area contributed by atoms with Gasteiger partial charge in [-0.15, -0.1) is 0 Å². The maximum atomic E-state index is 12.6. The predicted molar refractivity (Wildman–Crippen MR) is 94.7 cm³/mol. The molecule has 6 nitrogen and oxygen atoms in total. The number of benzene rings is 2. The van der Waals surface area contributed by atoms with Crippen LogP contribution in [0.15, 0.2) is 53.4 Å². The van der Waals surface area contributed by atoms with Gasteiger partial charge in [0.2, 0.25) is 10.0 Å². The van der Waals surface area contributed by atoms with Crippen LogP contribution in [-0.4, -0.2) is 31.8 Å². The van der Waals surface area contributed by atoms with E-state index in [1.54, 1.807) is 30.3 Å². The Morgan fingerprint density at radius 2 is 1.81 bits per heavy atom. The largest absolute Gasteiger partial charge is 0.457 e. The molecule has 0 aliphatic carbocycles. The van der Waals surface area contributed by atoms with Crippen molar-refractivity contribution in [3.05, 3.63) is 65.2 Å². The Morgan fingerprint density at radius 3 is 2.46 bits per heavy atom. The van der Waals surface area contributed by atoms with Crippen molar-refractivity contribution in [1.82, 2.24) is 4.31 Å². The highest BCUT2D eigenvalue weighted by Gasteiger charge is 2.27. The molecular weight excluding hydrogens is 352 g/mol. The Kier molecular flexibility index (Phi) is 5.35. The summed E-state index contributed by atoms with van der Waals surface area (Å²) in [4.78, 5) is 12.4. The van der Waals surface area contributed by atoms with E-state index in [2.05, 4.69) is 0 Å². The second kappa shape index (κ2) is 7.68. The van der Waals surface area contributed by atoms with E-state index in [-0.39, 0.29) is 17.1 Å². The molecule has 0 radical (unpaired) electrons. The Bertz CT molecular complexity index is 940. The van der Waals surface area contributed by atoms with Crippen LogP contribution < -0.4 is 0 Å². The van der Waals surface area contributed by atoms with E-state index in [1.165, 1.54) is 22.5 Å². The number of esters is 1. The van der Waals surface area contributed by atoms with Gasteiger partial charge in [-0.2, -0.15) is 9.57 Å². The van der Waals surface area contributed by atoms with E-state index in [0.717, 1.165) is 18.4 Å². The van der Waals surface area contributed by atoms with Crippen LogP contribution in [0.25, 0.3) is 0 Å². The zero-order chi connectivity index (χ0) is 18.6. The minimum atomic E-state index is -3.57. The van der Waals surface area contributed by atoms with Crippen LogP contribution in [0.1, 0.15) is 34.3 Å². The molecule has 0 N–H and O–H groups in total. The van der Waals surface area contributed by atoms with Crippen molar-refractivity contribution in [2.75, 3.05) is 13.1 Å². The Morgan fingerprint density at radius 1 is 1.12 bits per heavy atom. The van der Waals surface area contributed by atoms with Gasteiger partial charge in [-0.1, -0.05) is 18.2 Å². The maximum Gasteiger partial charge on any atom is 0.338 e. The van der Waals surface area contributed by atoms with Gasteiger partial charge in [-0.3, -0.25) is 0 Å². The standard InChI is InChI=1S/C19H18N2O4S/c20-13-15-6-8-16(9-7-15)14-25-19(22)17-4-3-5-18(12-17)26(23,24)21-10-1-2-11-21/h3-9,12H,1-2,10-11,14H2. The van der Waals surface area contributed by atoms with E-state index >= 15 is 0 Å². The SMILES string of the molecule is N#Cc1ccc(COC(=O)c2cccc(S(=O)(=O)N3CCCC3)c2)cc1. The number of ether oxygens (including phenoxy) is 1. The average Bonchev–Trinajstić information content (AvgIpc) is 3.22. The summed E-state index contributed by atoms with van der Waals surface area (Å²) in [6.07, 6.45) is 1.71. The van der Waals surface area contributed by atoms with Crippen LogP contribution >= 0.6 is 0 Å². The highest BCUT2D eigenvalue weighted by atomic mass is 32.2. The number of nitriles is 1. The number of nitrogens with zero attached hydrogens (tertiary/aromatic N) is 2. The second-order valence-electron chi connectivity index (χ2n) is 6.02. The lowest BCUT2D eigenvalue weighted by Crippen LogP contribution is -2.28. The van der Waals surface area contributed by atoms with Crippen molar-refractivity contribution < 1.29 is 17.9 Å². The number of carbonyl (C=O) groups is 1. The summed E-state index contributed by atoms with van der Waals surface area (Å²) in [6.45, 7) is 1.07. The Labute approximate surface area is 152 Å². The van der Waals surface area contributed by atoms with Crippen LogP contribution in [-0.2, 0) is 21.4 Å². The summed E-state index contributed by atoms with van der Waals surface area (Å²) in [5, 5.41) is 8.78. The topological polar surface area (TPSA) is 87.5 Å². The molecule has 1 aliphatic heterocycles. The van der Waals surface area contributed by atoms with Crippen LogP contribution in [0.3, 0.4) is 0 Å². The molecule has 0 spiro atoms. The molecule has 7 heteroatoms. The summed E-state index contributed by atoms with van der Waals surface area (Å²) < 4.78 is 31.9. The summed E-state index contributed by atoms with van der Waals surface area (Å²) >= 11 is 0. The summed E-state index contributed by atoms with van der Waals surface area (Å²) in [7, 11) is -3.57. The van der Waals surface area contributed by atoms with Crippen molar-refractivity contribution in [2.45, 2.75) is 24.3 Å². The second-order valence-corrected chi connectivity index (χ2v) is 7.96. The fourth-order valence-electron chi connectivity index (χ4n) is 2.77. The number of sulfonamides is 1. The molecular formula is C19H18N2O4S. The molecule has 1 saturated heterocycles. The minimum absolute atomic E-state index is 0.0493. The third-order valence-electron chi connectivity index (χ3n) is 4.23. The molecule has 2 aromatic rings. The number of rotatable bonds is 5. The molecule has 2 aromatic carbocycles. The molecule has 26 heavy (non-hydrogen) atoms. The highest BCUT2D eigenvalue weighted by molar-refractivity contribution is 7.89. The molecule has 3 rings (SSSR count). The van der Waals surface area contributed by atoms with Crippen LogP contribution in [0.5, 0.6) is 0 Å². The molecule has 0 amide bonds. The first kappa shape index (κ1) is 18.1. The third kappa shape index (κ3) is 3.93. The Hall–Kier alpha value is -2.69. The van der Waals surface area contributed by atoms with Crippen LogP contribution in [0, 0.1) is 11.3 Å². The maximum absolute atomic E-state index is 12.6. The van der Waals surface area contributed by atoms with Crippen molar-refractivity contribution in [3.8, 4) is 6.07 Å². The third-order valence-corrected chi connectivity index (χ3v) is 6.12. The number of hydrogen-bond acceptors (Lipinski definition) is 5. The van der Waals surface area contributed by atoms with E-state index in [9.17, 15) is 13.2 Å². The van der Waals surface area contributed by atoms with Gasteiger partial charge in [0.05, 0.1) is 22.1 Å². The van der Waals surface area contributed by atoms with Gasteiger partial charge >= 0.3 is 5.97 Å². The van der Waals surface area contributed by atoms with Crippen molar-refractivity contribution in [3.63, 3.8) is 0 Å². The van der Waals surface area contributed by atoms with Crippen LogP contribution in [0.2, 0.25) is 0 Å². The highest BCUT2D eigenvalue weighted by Crippen LogP contribution is 2.22. The number of carbonyl (C=O) groups excluding carboxylic acids is 1. The monoisotopic (exact) mass is 370 g/mol. The van der Waals surface area contributed by atoms with Gasteiger partial charge in [0.25, 0.3) is 0 Å². The molecule has 0 atom stereocenters. The summed E-state index contributed by atoms with van der Waals surface area (Å²) in [5.74, 6) is -0.590. The lowest BCUT2D eigenvalue weighted by molar-refractivity contribution is 0.0472. The van der Waals surface area contributed by atoms with Gasteiger partial charge < -0.3 is 4.74 Å². The van der Waals surface area contributed by atoms with Gasteiger partial charge in [0.1, 0.15) is 6.61 Å². The van der Waals surface area contributed by atoms with E-state index in [4.69, 9.17) is 10.00 Å². The van der Waals surface area contributed by atoms with Crippen molar-refractivity contribution >= 4 is 16.0 Å². The zero-order valence-corrected chi connectivity index (χ0v) is 14.9. The summed E-state index contributed by atoms with van der Waals surface area (Å²) in [5.41, 5.74) is 1.47. The number of hydrogen-bond donors (Lipinski definition) is 0. The first-order valence-corrected chi connectivity index (χ1v) is 9.71. The first-order chi connectivity index (χ1) is 12.5. The molecule has 0 aromatic heterocycles. The lowest BCUT2D eigenvalue weighted by Gasteiger charge is -2.15. The van der Waals surface area contributed by atoms with E-state index in [1.807, 2.05) is 6.07 Å². The lowest BCUT2D eigenvalue weighted by atomic mass is 10.1. The zero-order valence-electron chi connectivity index (χ0n) is 14.1. The van der Waals surface area contributed by atoms with Gasteiger partial charge in [0.15, 0.2) is 0 Å². The first-order valence-electron chi connectivity index (χ1n) is 8.27. The summed E-state index contributed by atoms with van der Waals surface area (Å²) in [6, 6.07) is 14.6. The van der Waals surface area contributed by atoms with Gasteiger partial charge in [0, 0.05) is 13.1 Å². The molecule has 1 heterocycles. The molecule has 1 aliphatic rings. The van der Waals surface area contributed by atoms with E-state index in [0.29, 0.717) is 18.7 Å². The van der Waals surface area contributed by atoms with Crippen molar-refractivity contribution in [2.24, 2.45) is 0 Å². The smallest absolute Gasteiger partial charge is 0.338 e.